The Morgan fingerprint density at radius 3 is 2.85 bits per heavy atom. The Hall–Kier alpha value is -1.09. The molecule has 110 valence electrons. The van der Waals surface area contributed by atoms with Crippen molar-refractivity contribution in [1.29, 1.82) is 0 Å². The summed E-state index contributed by atoms with van der Waals surface area (Å²) in [5.41, 5.74) is 1.02. The average Bonchev–Trinajstić information content (AvgIpc) is 2.77. The van der Waals surface area contributed by atoms with E-state index in [2.05, 4.69) is 14.9 Å². The molecule has 2 aliphatic rings. The number of aromatic nitrogens is 2. The first-order chi connectivity index (χ1) is 9.56. The summed E-state index contributed by atoms with van der Waals surface area (Å²) in [4.78, 5) is 10.2. The molecular formula is C12H18N4O3S. The van der Waals surface area contributed by atoms with E-state index < -0.39 is 10.0 Å². The molecule has 0 saturated carbocycles. The van der Waals surface area contributed by atoms with Gasteiger partial charge >= 0.3 is 0 Å². The Kier molecular flexibility index (Phi) is 3.72. The molecule has 2 atom stereocenters. The van der Waals surface area contributed by atoms with Crippen LogP contribution in [0.25, 0.3) is 0 Å². The number of hydrogen-bond acceptors (Lipinski definition) is 6. The van der Waals surface area contributed by atoms with Crippen LogP contribution in [0.1, 0.15) is 5.56 Å². The van der Waals surface area contributed by atoms with E-state index >= 15 is 0 Å². The molecule has 20 heavy (non-hydrogen) atoms. The minimum atomic E-state index is -3.19. The van der Waals surface area contributed by atoms with Gasteiger partial charge in [0.15, 0.2) is 0 Å². The van der Waals surface area contributed by atoms with Crippen LogP contribution < -0.4 is 0 Å². The lowest BCUT2D eigenvalue weighted by Crippen LogP contribution is -2.43. The van der Waals surface area contributed by atoms with Gasteiger partial charge in [0.05, 0.1) is 24.5 Å². The Morgan fingerprint density at radius 2 is 2.10 bits per heavy atom. The second kappa shape index (κ2) is 5.36. The molecule has 3 rings (SSSR count). The van der Waals surface area contributed by atoms with E-state index in [-0.39, 0.29) is 24.5 Å². The predicted molar refractivity (Wildman–Crippen MR) is 72.4 cm³/mol. The zero-order valence-electron chi connectivity index (χ0n) is 11.3. The van der Waals surface area contributed by atoms with Gasteiger partial charge in [0, 0.05) is 44.6 Å². The first kappa shape index (κ1) is 13.9. The van der Waals surface area contributed by atoms with Crippen molar-refractivity contribution >= 4 is 10.0 Å². The van der Waals surface area contributed by atoms with Gasteiger partial charge in [0.2, 0.25) is 10.0 Å². The van der Waals surface area contributed by atoms with Crippen LogP contribution in [-0.2, 0) is 21.3 Å². The Morgan fingerprint density at radius 1 is 1.35 bits per heavy atom. The topological polar surface area (TPSA) is 75.6 Å². The molecule has 2 fully saturated rings. The smallest absolute Gasteiger partial charge is 0.216 e. The van der Waals surface area contributed by atoms with Gasteiger partial charge in [-0.15, -0.1) is 0 Å². The quantitative estimate of drug-likeness (QED) is 0.720. The molecule has 7 nitrogen and oxygen atoms in total. The zero-order chi connectivity index (χ0) is 14.2. The van der Waals surface area contributed by atoms with Crippen LogP contribution in [0.15, 0.2) is 18.7 Å². The zero-order valence-corrected chi connectivity index (χ0v) is 12.2. The average molecular weight is 298 g/mol. The van der Waals surface area contributed by atoms with Crippen molar-refractivity contribution in [1.82, 2.24) is 19.2 Å². The van der Waals surface area contributed by atoms with E-state index in [4.69, 9.17) is 4.74 Å². The maximum atomic E-state index is 12.0. The molecule has 0 aliphatic carbocycles. The van der Waals surface area contributed by atoms with E-state index in [1.807, 2.05) is 0 Å². The molecule has 0 radical (unpaired) electrons. The van der Waals surface area contributed by atoms with E-state index in [0.29, 0.717) is 13.1 Å². The Balaban J connectivity index is 1.72. The van der Waals surface area contributed by atoms with Gasteiger partial charge in [-0.2, -0.15) is 4.31 Å². The molecule has 8 heteroatoms. The molecule has 0 N–H and O–H groups in total. The van der Waals surface area contributed by atoms with Crippen molar-refractivity contribution in [2.75, 3.05) is 32.5 Å². The molecule has 0 bridgehead atoms. The number of fused-ring (bicyclic) bond motifs is 1. The van der Waals surface area contributed by atoms with Crippen molar-refractivity contribution in [2.24, 2.45) is 0 Å². The second-order valence-electron chi connectivity index (χ2n) is 5.25. The van der Waals surface area contributed by atoms with Crippen LogP contribution in [-0.4, -0.2) is 72.2 Å². The molecule has 0 amide bonds. The summed E-state index contributed by atoms with van der Waals surface area (Å²) in [7, 11) is -1.54. The lowest BCUT2D eigenvalue weighted by Gasteiger charge is -2.24. The third-order valence-electron chi connectivity index (χ3n) is 3.91. The third kappa shape index (κ3) is 2.69. The monoisotopic (exact) mass is 298 g/mol. The highest BCUT2D eigenvalue weighted by molar-refractivity contribution is 7.89. The van der Waals surface area contributed by atoms with Crippen LogP contribution in [0.2, 0.25) is 0 Å². The SMILES string of the molecule is CN1[C@@H]2CN(Cc3cncnc3)C[C@@H]2OCCS1(=O)=O. The van der Waals surface area contributed by atoms with Crippen molar-refractivity contribution < 1.29 is 13.2 Å². The molecule has 0 unspecified atom stereocenters. The van der Waals surface area contributed by atoms with Gasteiger partial charge in [0.25, 0.3) is 0 Å². The molecule has 1 aromatic rings. The van der Waals surface area contributed by atoms with Crippen molar-refractivity contribution in [3.8, 4) is 0 Å². The van der Waals surface area contributed by atoms with Gasteiger partial charge in [-0.25, -0.2) is 18.4 Å². The molecule has 2 saturated heterocycles. The fourth-order valence-corrected chi connectivity index (χ4v) is 4.01. The van der Waals surface area contributed by atoms with Crippen LogP contribution in [0.4, 0.5) is 0 Å². The highest BCUT2D eigenvalue weighted by Crippen LogP contribution is 2.24. The number of sulfonamides is 1. The van der Waals surface area contributed by atoms with E-state index in [0.717, 1.165) is 12.1 Å². The highest BCUT2D eigenvalue weighted by atomic mass is 32.2. The number of likely N-dealkylation sites (tertiary alicyclic amines) is 1. The van der Waals surface area contributed by atoms with E-state index in [1.54, 1.807) is 19.4 Å². The first-order valence-electron chi connectivity index (χ1n) is 6.60. The summed E-state index contributed by atoms with van der Waals surface area (Å²) < 4.78 is 31.2. The van der Waals surface area contributed by atoms with Gasteiger partial charge in [-0.05, 0) is 0 Å². The highest BCUT2D eigenvalue weighted by Gasteiger charge is 2.42. The van der Waals surface area contributed by atoms with Crippen LogP contribution in [0.3, 0.4) is 0 Å². The number of nitrogens with zero attached hydrogens (tertiary/aromatic N) is 4. The summed E-state index contributed by atoms with van der Waals surface area (Å²) in [5.74, 6) is 0.0724. The fraction of sp³-hybridized carbons (Fsp3) is 0.667. The Labute approximate surface area is 118 Å². The number of hydrogen-bond donors (Lipinski definition) is 0. The molecule has 0 spiro atoms. The summed E-state index contributed by atoms with van der Waals surface area (Å²) in [6, 6.07) is -0.105. The van der Waals surface area contributed by atoms with E-state index in [9.17, 15) is 8.42 Å². The largest absolute Gasteiger partial charge is 0.374 e. The van der Waals surface area contributed by atoms with Gasteiger partial charge in [0.1, 0.15) is 6.33 Å². The standard InChI is InChI=1S/C12H18N4O3S/c1-15-11-7-16(6-10-4-13-9-14-5-10)8-12(11)19-2-3-20(15,17)18/h4-5,9,11-12H,2-3,6-8H2,1H3/t11-,12+/m1/s1. The summed E-state index contributed by atoms with van der Waals surface area (Å²) in [6.07, 6.45) is 5.01. The predicted octanol–water partition coefficient (Wildman–Crippen LogP) is -0.679. The lowest BCUT2D eigenvalue weighted by molar-refractivity contribution is 0.0500. The van der Waals surface area contributed by atoms with Crippen LogP contribution in [0, 0.1) is 0 Å². The van der Waals surface area contributed by atoms with Crippen molar-refractivity contribution in [3.63, 3.8) is 0 Å². The molecular weight excluding hydrogens is 280 g/mol. The van der Waals surface area contributed by atoms with Crippen molar-refractivity contribution in [3.05, 3.63) is 24.3 Å². The number of likely N-dealkylation sites (N-methyl/N-ethyl adjacent to an activating group) is 1. The van der Waals surface area contributed by atoms with Gasteiger partial charge in [-0.1, -0.05) is 0 Å². The molecule has 1 aromatic heterocycles. The summed E-state index contributed by atoms with van der Waals surface area (Å²) >= 11 is 0. The fourth-order valence-electron chi connectivity index (χ4n) is 2.80. The van der Waals surface area contributed by atoms with Gasteiger partial charge < -0.3 is 4.74 Å². The first-order valence-corrected chi connectivity index (χ1v) is 8.21. The second-order valence-corrected chi connectivity index (χ2v) is 7.40. The number of ether oxygens (including phenoxy) is 1. The van der Waals surface area contributed by atoms with Crippen LogP contribution >= 0.6 is 0 Å². The maximum absolute atomic E-state index is 12.0. The summed E-state index contributed by atoms with van der Waals surface area (Å²) in [6.45, 7) is 2.40. The molecule has 0 aromatic carbocycles. The van der Waals surface area contributed by atoms with E-state index in [1.165, 1.54) is 10.6 Å². The van der Waals surface area contributed by atoms with Crippen LogP contribution in [0.5, 0.6) is 0 Å². The normalized spacial score (nSPS) is 30.9. The Bertz CT molecular complexity index is 565. The molecule has 2 aliphatic heterocycles. The minimum Gasteiger partial charge on any atom is -0.374 e. The minimum absolute atomic E-state index is 0.0538. The molecule has 3 heterocycles. The van der Waals surface area contributed by atoms with Gasteiger partial charge in [-0.3, -0.25) is 4.90 Å². The summed E-state index contributed by atoms with van der Waals surface area (Å²) in [5, 5.41) is 0. The third-order valence-corrected chi connectivity index (χ3v) is 5.74. The van der Waals surface area contributed by atoms with Crippen molar-refractivity contribution in [2.45, 2.75) is 18.7 Å². The number of rotatable bonds is 2. The lowest BCUT2D eigenvalue weighted by atomic mass is 10.2. The maximum Gasteiger partial charge on any atom is 0.216 e.